The average Bonchev–Trinajstić information content (AvgIpc) is 3.10. The minimum atomic E-state index is -0.610. The van der Waals surface area contributed by atoms with Gasteiger partial charge in [0.2, 0.25) is 0 Å². The maximum absolute atomic E-state index is 12.4. The molecular weight excluding hydrogens is 320 g/mol. The summed E-state index contributed by atoms with van der Waals surface area (Å²) >= 11 is 0. The van der Waals surface area contributed by atoms with E-state index in [9.17, 15) is 9.59 Å². The van der Waals surface area contributed by atoms with Gasteiger partial charge in [-0.15, -0.1) is 0 Å². The molecule has 2 saturated heterocycles. The first-order valence-electron chi connectivity index (χ1n) is 8.60. The second-order valence-electron chi connectivity index (χ2n) is 7.92. The Kier molecular flexibility index (Phi) is 4.49. The van der Waals surface area contributed by atoms with Crippen LogP contribution in [0.5, 0.6) is 5.75 Å². The van der Waals surface area contributed by atoms with Crippen LogP contribution in [0.1, 0.15) is 32.8 Å². The molecule has 2 bridgehead atoms. The van der Waals surface area contributed by atoms with E-state index in [1.807, 2.05) is 45.0 Å². The molecule has 0 N–H and O–H groups in total. The molecule has 2 aliphatic rings. The number of piperazine rings is 1. The fourth-order valence-electron chi connectivity index (χ4n) is 3.70. The zero-order valence-corrected chi connectivity index (χ0v) is 15.3. The number of aldehydes is 1. The molecule has 136 valence electrons. The van der Waals surface area contributed by atoms with Gasteiger partial charge in [0.15, 0.2) is 0 Å². The van der Waals surface area contributed by atoms with Crippen molar-refractivity contribution in [3.8, 4) is 5.75 Å². The van der Waals surface area contributed by atoms with Crippen LogP contribution in [0.3, 0.4) is 0 Å². The van der Waals surface area contributed by atoms with E-state index < -0.39 is 11.1 Å². The highest BCUT2D eigenvalue weighted by Gasteiger charge is 2.56. The molecule has 1 aromatic rings. The molecule has 2 atom stereocenters. The van der Waals surface area contributed by atoms with E-state index in [0.29, 0.717) is 26.1 Å². The molecular formula is C19H26N2O4. The van der Waals surface area contributed by atoms with Crippen molar-refractivity contribution in [1.82, 2.24) is 9.80 Å². The molecule has 3 rings (SSSR count). The number of benzene rings is 1. The first kappa shape index (κ1) is 17.7. The number of hydrogen-bond donors (Lipinski definition) is 0. The Bertz CT molecular complexity index is 652. The summed E-state index contributed by atoms with van der Waals surface area (Å²) in [7, 11) is 1.64. The van der Waals surface area contributed by atoms with Gasteiger partial charge in [-0.25, -0.2) is 4.79 Å². The summed E-state index contributed by atoms with van der Waals surface area (Å²) in [6.45, 7) is 7.32. The number of likely N-dealkylation sites (tertiary alicyclic amines) is 2. The van der Waals surface area contributed by atoms with Crippen molar-refractivity contribution in [1.29, 1.82) is 0 Å². The van der Waals surface area contributed by atoms with Crippen molar-refractivity contribution in [2.75, 3.05) is 20.2 Å². The van der Waals surface area contributed by atoms with E-state index in [1.165, 1.54) is 0 Å². The first-order valence-corrected chi connectivity index (χ1v) is 8.60. The largest absolute Gasteiger partial charge is 0.497 e. The zero-order chi connectivity index (χ0) is 18.2. The summed E-state index contributed by atoms with van der Waals surface area (Å²) in [5, 5.41) is 0. The van der Waals surface area contributed by atoms with Gasteiger partial charge in [-0.1, -0.05) is 12.1 Å². The van der Waals surface area contributed by atoms with Gasteiger partial charge in [-0.3, -0.25) is 4.90 Å². The van der Waals surface area contributed by atoms with Crippen LogP contribution in [0.2, 0.25) is 0 Å². The van der Waals surface area contributed by atoms with E-state index in [0.717, 1.165) is 17.6 Å². The standard InChI is InChI=1S/C19H26N2O4/c1-18(2,3)25-17(23)21-12-19(13-22)9-15(21)11-20(19)10-14-5-7-16(24-4)8-6-14/h5-8,13,15H,9-12H2,1-4H3/t15-,19?/m0/s1. The number of rotatable bonds is 4. The van der Waals surface area contributed by atoms with Crippen LogP contribution in [0.25, 0.3) is 0 Å². The second-order valence-corrected chi connectivity index (χ2v) is 7.92. The van der Waals surface area contributed by atoms with Crippen molar-refractivity contribution < 1.29 is 19.1 Å². The third-order valence-electron chi connectivity index (χ3n) is 4.91. The Morgan fingerprint density at radius 1 is 1.32 bits per heavy atom. The number of fused-ring (bicyclic) bond motifs is 2. The SMILES string of the molecule is COc1ccc(CN2C[C@@H]3CC2(C=O)CN3C(=O)OC(C)(C)C)cc1. The molecule has 2 aliphatic heterocycles. The number of methoxy groups -OCH3 is 1. The van der Waals surface area contributed by atoms with E-state index in [4.69, 9.17) is 9.47 Å². The Balaban J connectivity index is 1.70. The van der Waals surface area contributed by atoms with Crippen LogP contribution < -0.4 is 4.74 Å². The molecule has 6 heteroatoms. The summed E-state index contributed by atoms with van der Waals surface area (Å²) < 4.78 is 10.7. The minimum absolute atomic E-state index is 0.0262. The van der Waals surface area contributed by atoms with Crippen molar-refractivity contribution in [3.05, 3.63) is 29.8 Å². The molecule has 2 fully saturated rings. The van der Waals surface area contributed by atoms with Crippen LogP contribution in [0.4, 0.5) is 4.79 Å². The maximum Gasteiger partial charge on any atom is 0.410 e. The summed E-state index contributed by atoms with van der Waals surface area (Å²) in [5.74, 6) is 0.813. The molecule has 0 aromatic heterocycles. The van der Waals surface area contributed by atoms with Gasteiger partial charge < -0.3 is 19.2 Å². The normalized spacial score (nSPS) is 25.9. The molecule has 0 spiro atoms. The lowest BCUT2D eigenvalue weighted by Gasteiger charge is -2.39. The average molecular weight is 346 g/mol. The van der Waals surface area contributed by atoms with Gasteiger partial charge in [0, 0.05) is 19.6 Å². The van der Waals surface area contributed by atoms with Gasteiger partial charge in [-0.2, -0.15) is 0 Å². The van der Waals surface area contributed by atoms with Gasteiger partial charge >= 0.3 is 6.09 Å². The Morgan fingerprint density at radius 3 is 2.56 bits per heavy atom. The third-order valence-corrected chi connectivity index (χ3v) is 4.91. The van der Waals surface area contributed by atoms with Crippen LogP contribution in [-0.2, 0) is 16.1 Å². The molecule has 6 nitrogen and oxygen atoms in total. The fraction of sp³-hybridized carbons (Fsp3) is 0.579. The smallest absolute Gasteiger partial charge is 0.410 e. The predicted octanol–water partition coefficient (Wildman–Crippen LogP) is 2.46. The van der Waals surface area contributed by atoms with Crippen LogP contribution >= 0.6 is 0 Å². The fourth-order valence-corrected chi connectivity index (χ4v) is 3.70. The number of amides is 1. The van der Waals surface area contributed by atoms with Crippen molar-refractivity contribution >= 4 is 12.4 Å². The Hall–Kier alpha value is -2.08. The van der Waals surface area contributed by atoms with Crippen molar-refractivity contribution in [2.45, 2.75) is 50.9 Å². The third kappa shape index (κ3) is 3.49. The van der Waals surface area contributed by atoms with Crippen LogP contribution in [0, 0.1) is 0 Å². The van der Waals surface area contributed by atoms with Crippen molar-refractivity contribution in [3.63, 3.8) is 0 Å². The highest BCUT2D eigenvalue weighted by molar-refractivity contribution is 5.74. The van der Waals surface area contributed by atoms with E-state index >= 15 is 0 Å². The Labute approximate surface area is 148 Å². The predicted molar refractivity (Wildman–Crippen MR) is 93.5 cm³/mol. The van der Waals surface area contributed by atoms with E-state index in [-0.39, 0.29) is 12.1 Å². The van der Waals surface area contributed by atoms with Gasteiger partial charge in [-0.05, 0) is 44.9 Å². The summed E-state index contributed by atoms with van der Waals surface area (Å²) in [5.41, 5.74) is -0.0178. The molecule has 2 heterocycles. The second kappa shape index (κ2) is 6.33. The summed E-state index contributed by atoms with van der Waals surface area (Å²) in [6.07, 6.45) is 1.34. The molecule has 1 amide bonds. The van der Waals surface area contributed by atoms with Gasteiger partial charge in [0.05, 0.1) is 18.7 Å². The number of hydrogen-bond acceptors (Lipinski definition) is 5. The van der Waals surface area contributed by atoms with Crippen molar-refractivity contribution in [2.24, 2.45) is 0 Å². The summed E-state index contributed by atoms with van der Waals surface area (Å²) in [6, 6.07) is 7.89. The summed E-state index contributed by atoms with van der Waals surface area (Å²) in [4.78, 5) is 28.2. The molecule has 0 radical (unpaired) electrons. The number of nitrogens with zero attached hydrogens (tertiary/aromatic N) is 2. The monoisotopic (exact) mass is 346 g/mol. The number of carbonyl (C=O) groups is 2. The molecule has 0 aliphatic carbocycles. The zero-order valence-electron chi connectivity index (χ0n) is 15.3. The lowest BCUT2D eigenvalue weighted by atomic mass is 10.0. The quantitative estimate of drug-likeness (QED) is 0.784. The first-order chi connectivity index (χ1) is 11.8. The molecule has 1 aromatic carbocycles. The number of ether oxygens (including phenoxy) is 2. The lowest BCUT2D eigenvalue weighted by molar-refractivity contribution is -0.118. The Morgan fingerprint density at radius 2 is 2.00 bits per heavy atom. The highest BCUT2D eigenvalue weighted by Crippen LogP contribution is 2.40. The maximum atomic E-state index is 12.4. The lowest BCUT2D eigenvalue weighted by Crippen LogP contribution is -2.56. The van der Waals surface area contributed by atoms with E-state index in [1.54, 1.807) is 12.0 Å². The molecule has 25 heavy (non-hydrogen) atoms. The minimum Gasteiger partial charge on any atom is -0.497 e. The van der Waals surface area contributed by atoms with Gasteiger partial charge in [0.1, 0.15) is 17.6 Å². The van der Waals surface area contributed by atoms with E-state index in [2.05, 4.69) is 4.90 Å². The molecule has 0 saturated carbocycles. The highest BCUT2D eigenvalue weighted by atomic mass is 16.6. The van der Waals surface area contributed by atoms with Gasteiger partial charge in [0.25, 0.3) is 0 Å². The number of carbonyl (C=O) groups excluding carboxylic acids is 2. The van der Waals surface area contributed by atoms with Crippen LogP contribution in [-0.4, -0.2) is 59.6 Å². The topological polar surface area (TPSA) is 59.1 Å². The van der Waals surface area contributed by atoms with Crippen LogP contribution in [0.15, 0.2) is 24.3 Å². The molecule has 1 unspecified atom stereocenters.